The van der Waals surface area contributed by atoms with Gasteiger partial charge in [0.25, 0.3) is 23.6 Å². The lowest BCUT2D eigenvalue weighted by Gasteiger charge is -2.35. The number of fused-ring (bicyclic) bond motifs is 2. The molecule has 708 valence electrons. The van der Waals surface area contributed by atoms with Gasteiger partial charge in [-0.3, -0.25) is 29.0 Å². The number of benzene rings is 17. The van der Waals surface area contributed by atoms with E-state index in [1.54, 1.807) is 267 Å². The molecule has 2 atom stereocenters. The number of carbonyl (C=O) groups excluding carboxylic acids is 10. The Kier molecular flexibility index (Phi) is 26.4. The van der Waals surface area contributed by atoms with Gasteiger partial charge in [-0.2, -0.15) is 0 Å². The molecule has 0 aromatic heterocycles. The number of carbonyl (C=O) groups is 10. The first-order valence-electron chi connectivity index (χ1n) is 44.6. The Morgan fingerprint density at radius 2 is 0.451 bits per heavy atom. The molecular formula is C116H78N2O26. The summed E-state index contributed by atoms with van der Waals surface area (Å²) in [7, 11) is 2.77. The first-order chi connectivity index (χ1) is 70.1. The number of amides is 4. The van der Waals surface area contributed by atoms with Gasteiger partial charge >= 0.3 is 35.8 Å². The van der Waals surface area contributed by atoms with Crippen molar-refractivity contribution in [3.8, 4) is 138 Å². The highest BCUT2D eigenvalue weighted by atomic mass is 16.6. The average molecular weight is 1920 g/mol. The maximum Gasteiger partial charge on any atom is 0.335 e. The Labute approximate surface area is 820 Å². The van der Waals surface area contributed by atoms with Gasteiger partial charge in [0.05, 0.1) is 36.5 Å². The van der Waals surface area contributed by atoms with Crippen LogP contribution in [-0.2, 0) is 41.6 Å². The Hall–Kier alpha value is -19.9. The highest BCUT2D eigenvalue weighted by Crippen LogP contribution is 2.59. The Morgan fingerprint density at radius 1 is 0.229 bits per heavy atom. The molecule has 17 aromatic rings. The first kappa shape index (κ1) is 93.1. The molecule has 0 bridgehead atoms. The zero-order valence-corrected chi connectivity index (χ0v) is 76.4. The summed E-state index contributed by atoms with van der Waals surface area (Å²) in [6, 6.07) is 82.3. The predicted octanol–water partition coefficient (Wildman–Crippen LogP) is 24.1. The van der Waals surface area contributed by atoms with E-state index in [0.717, 1.165) is 34.1 Å². The number of rotatable bonds is 36. The van der Waals surface area contributed by atoms with Crippen molar-refractivity contribution in [1.29, 1.82) is 0 Å². The van der Waals surface area contributed by atoms with Crippen LogP contribution >= 0.6 is 0 Å². The zero-order chi connectivity index (χ0) is 99.8. The number of esters is 6. The zero-order valence-electron chi connectivity index (χ0n) is 76.4. The third kappa shape index (κ3) is 19.6. The molecular weight excluding hydrogens is 1840 g/mol. The fourth-order valence-electron chi connectivity index (χ4n) is 16.8. The molecule has 0 radical (unpaired) electrons. The average Bonchev–Trinajstić information content (AvgIpc) is 0.668. The highest BCUT2D eigenvalue weighted by molar-refractivity contribution is 6.45. The molecule has 0 N–H and O–H groups in total. The van der Waals surface area contributed by atoms with Crippen molar-refractivity contribution in [1.82, 2.24) is 9.80 Å². The molecule has 144 heavy (non-hydrogen) atoms. The molecule has 2 unspecified atom stereocenters. The van der Waals surface area contributed by atoms with Crippen LogP contribution in [0, 0.1) is 0 Å². The van der Waals surface area contributed by atoms with E-state index in [2.05, 4.69) is 26.3 Å². The largest absolute Gasteiger partial charge is 0.493 e. The van der Waals surface area contributed by atoms with Gasteiger partial charge in [-0.15, -0.1) is 0 Å². The number of methoxy groups -OCH3 is 2. The summed E-state index contributed by atoms with van der Waals surface area (Å²) in [6.07, 6.45) is 3.42. The second kappa shape index (κ2) is 40.8. The maximum absolute atomic E-state index is 17.1. The minimum absolute atomic E-state index is 0.000478. The lowest BCUT2D eigenvalue weighted by atomic mass is 9.80. The molecule has 0 fully saturated rings. The SMILES string of the molecule is C=CC(=O)Oc1cccc(Oc2ccc(Oc3cc4c5c(cc(Oc6ccc(Oc7cccc(OC(=O)C=C)c7)cc6)c6c7c(Oc8ccc(Oc9cccc(OC(=O)C=C)c9)cc8)cc8c9c(cc(Oc%10ccc(Oc%11cccc(OC(=O)C=C)c%11)cc%10)c(c3c56)c97)C(=O)N(C(Cc3ccccc3)C(=O)Oc3ccccc3OC)C8=O)C(=O)N(C(Cc3ccccc3)C(=O)Oc3ccccc3OC)C4=O)cc2)c1. The molecule has 28 heteroatoms. The number of imide groups is 2. The first-order valence-corrected chi connectivity index (χ1v) is 44.6. The van der Waals surface area contributed by atoms with Crippen LogP contribution < -0.4 is 75.8 Å². The van der Waals surface area contributed by atoms with Gasteiger partial charge in [0.15, 0.2) is 23.0 Å². The van der Waals surface area contributed by atoms with Crippen molar-refractivity contribution >= 4 is 103 Å². The second-order valence-electron chi connectivity index (χ2n) is 32.3. The van der Waals surface area contributed by atoms with Crippen LogP contribution in [0.25, 0.3) is 43.1 Å². The fourth-order valence-corrected chi connectivity index (χ4v) is 16.8. The molecule has 2 heterocycles. The van der Waals surface area contributed by atoms with Crippen LogP contribution in [-0.4, -0.2) is 95.5 Å². The van der Waals surface area contributed by atoms with Gasteiger partial charge in [-0.25, -0.2) is 28.8 Å². The lowest BCUT2D eigenvalue weighted by Crippen LogP contribution is -2.53. The van der Waals surface area contributed by atoms with E-state index in [1.807, 2.05) is 0 Å². The van der Waals surface area contributed by atoms with Crippen molar-refractivity contribution in [3.63, 3.8) is 0 Å². The summed E-state index contributed by atoms with van der Waals surface area (Å²) < 4.78 is 101. The van der Waals surface area contributed by atoms with Gasteiger partial charge in [-0.05, 0) is 205 Å². The Morgan fingerprint density at radius 3 is 0.688 bits per heavy atom. The molecule has 0 saturated carbocycles. The van der Waals surface area contributed by atoms with Crippen molar-refractivity contribution in [3.05, 3.63) is 412 Å². The normalized spacial score (nSPS) is 12.3. The van der Waals surface area contributed by atoms with Crippen LogP contribution in [0.3, 0.4) is 0 Å². The summed E-state index contributed by atoms with van der Waals surface area (Å²) >= 11 is 0. The smallest absolute Gasteiger partial charge is 0.335 e. The molecule has 4 amide bonds. The number of hydrogen-bond acceptors (Lipinski definition) is 26. The molecule has 17 aromatic carbocycles. The van der Waals surface area contributed by atoms with Crippen LogP contribution in [0.1, 0.15) is 52.6 Å². The van der Waals surface area contributed by atoms with Crippen LogP contribution in [0.5, 0.6) is 138 Å². The number of hydrogen-bond donors (Lipinski definition) is 0. The minimum Gasteiger partial charge on any atom is -0.493 e. The molecule has 0 spiro atoms. The van der Waals surface area contributed by atoms with Gasteiger partial charge in [-0.1, -0.05) is 136 Å². The molecule has 2 aliphatic heterocycles. The lowest BCUT2D eigenvalue weighted by molar-refractivity contribution is -0.139. The quantitative estimate of drug-likeness (QED) is 0.00879. The van der Waals surface area contributed by atoms with Gasteiger partial charge < -0.3 is 75.8 Å². The molecule has 0 aliphatic carbocycles. The summed E-state index contributed by atoms with van der Waals surface area (Å²) in [5, 5.41) is -0.143. The fraction of sp³-hybridized carbons (Fsp3) is 0.0517. The van der Waals surface area contributed by atoms with E-state index in [1.165, 1.54) is 74.9 Å². The molecule has 2 aliphatic rings. The van der Waals surface area contributed by atoms with E-state index < -0.39 is 71.5 Å². The molecule has 28 nitrogen and oxygen atoms in total. The van der Waals surface area contributed by atoms with E-state index in [0.29, 0.717) is 11.1 Å². The third-order valence-corrected chi connectivity index (χ3v) is 23.1. The van der Waals surface area contributed by atoms with Gasteiger partial charge in [0.2, 0.25) is 0 Å². The van der Waals surface area contributed by atoms with Gasteiger partial charge in [0, 0.05) is 105 Å². The van der Waals surface area contributed by atoms with Crippen LogP contribution in [0.4, 0.5) is 0 Å². The van der Waals surface area contributed by atoms with Crippen molar-refractivity contribution in [2.24, 2.45) is 0 Å². The maximum atomic E-state index is 17.1. The standard InChI is InChI=1S/C116H78N2O26/c1-7-99(119)139-81-33-21-29-77(59-81)131-69-41-49-73(50-42-69)135-95-63-85-103-86(112(124)117(111(85)123)89(57-67-25-13-11-14-26-67)115(127)143-93-39-19-17-37-91(93)129-5)65-97(137-75-53-45-71(46-54-75)133-79-31-23-35-83(61-79)141-101(121)9-3)107-108-98(138-76-55-47-72(48-56-76)134-80-32-24-36-84(62-80)142-102(122)10-4)66-88-104-87(113(125)118(114(88)126)90(58-68-27-15-12-16-28-68)116(128)144-94-40-20-18-38-92(94)130-6)64-96(106(110(104)108)105(95)109(103)107)136-74-51-43-70(44-52-74)132-78-30-22-34-82(60-78)140-100(120)8-2/h7-56,59-66,89-90H,1-4,57-58H2,5-6H3. The van der Waals surface area contributed by atoms with E-state index in [-0.39, 0.29) is 216 Å². The second-order valence-corrected chi connectivity index (χ2v) is 32.3. The summed E-state index contributed by atoms with van der Waals surface area (Å²) in [6.45, 7) is 14.1. The topological polar surface area (TPSA) is 325 Å². The number of para-hydroxylation sites is 4. The number of nitrogens with zero attached hydrogens (tertiary/aromatic N) is 2. The van der Waals surface area contributed by atoms with E-state index in [9.17, 15) is 19.2 Å². The summed E-state index contributed by atoms with van der Waals surface area (Å²) in [5.41, 5.74) is -0.00843. The monoisotopic (exact) mass is 1910 g/mol. The van der Waals surface area contributed by atoms with Crippen LogP contribution in [0.15, 0.2) is 378 Å². The molecule has 19 rings (SSSR count). The summed E-state index contributed by atoms with van der Waals surface area (Å²) in [5.74, 6) is -6.96. The Balaban J connectivity index is 0.903. The highest BCUT2D eigenvalue weighted by Gasteiger charge is 2.48. The van der Waals surface area contributed by atoms with Gasteiger partial charge in [0.1, 0.15) is 127 Å². The van der Waals surface area contributed by atoms with E-state index in [4.69, 9.17) is 75.8 Å². The third-order valence-electron chi connectivity index (χ3n) is 23.1. The summed E-state index contributed by atoms with van der Waals surface area (Å²) in [4.78, 5) is 151. The number of ether oxygens (including phenoxy) is 16. The van der Waals surface area contributed by atoms with Crippen LogP contribution in [0.2, 0.25) is 0 Å². The Bertz CT molecular complexity index is 7220. The van der Waals surface area contributed by atoms with Crippen molar-refractivity contribution < 1.29 is 124 Å². The van der Waals surface area contributed by atoms with Crippen molar-refractivity contribution in [2.75, 3.05) is 14.2 Å². The predicted molar refractivity (Wildman–Crippen MR) is 529 cm³/mol. The molecule has 0 saturated heterocycles. The van der Waals surface area contributed by atoms with Crippen molar-refractivity contribution in [2.45, 2.75) is 24.9 Å². The minimum atomic E-state index is -1.79. The van der Waals surface area contributed by atoms with E-state index >= 15 is 28.8 Å².